The lowest BCUT2D eigenvalue weighted by Gasteiger charge is -2.28. The Labute approximate surface area is 164 Å². The fourth-order valence-electron chi connectivity index (χ4n) is 3.08. The second kappa shape index (κ2) is 11.1. The molecule has 1 saturated heterocycles. The predicted molar refractivity (Wildman–Crippen MR) is 112 cm³/mol. The van der Waals surface area contributed by atoms with Crippen LogP contribution in [-0.4, -0.2) is 74.0 Å². The Balaban J connectivity index is 0.00000529. The first-order valence-electron chi connectivity index (χ1n) is 8.89. The summed E-state index contributed by atoms with van der Waals surface area (Å²) in [5, 5.41) is 6.09. The SMILES string of the molecule is CCNC(=NCC(C)(C)C(=O)NC)N1CCC(N(CC)CC)C1.I. The van der Waals surface area contributed by atoms with Crippen molar-refractivity contribution in [2.75, 3.05) is 46.3 Å². The standard InChI is InChI=1S/C17H35N5O.HI/c1-7-19-16(20-13-17(4,5)15(23)18-6)22-11-10-14(12-22)21(8-2)9-3;/h14H,7-13H2,1-6H3,(H,18,23)(H,19,20);1H. The topological polar surface area (TPSA) is 60.0 Å². The molecule has 1 fully saturated rings. The number of likely N-dealkylation sites (tertiary alicyclic amines) is 1. The highest BCUT2D eigenvalue weighted by molar-refractivity contribution is 14.0. The lowest BCUT2D eigenvalue weighted by Crippen LogP contribution is -2.44. The third-order valence-corrected chi connectivity index (χ3v) is 4.59. The lowest BCUT2D eigenvalue weighted by molar-refractivity contribution is -0.128. The number of hydrogen-bond donors (Lipinski definition) is 2. The number of carbonyl (C=O) groups is 1. The van der Waals surface area contributed by atoms with Crippen LogP contribution in [0, 0.1) is 5.41 Å². The number of hydrogen-bond acceptors (Lipinski definition) is 3. The molecule has 1 atom stereocenters. The maximum atomic E-state index is 11.9. The minimum Gasteiger partial charge on any atom is -0.359 e. The van der Waals surface area contributed by atoms with E-state index < -0.39 is 5.41 Å². The van der Waals surface area contributed by atoms with Crippen LogP contribution in [0.5, 0.6) is 0 Å². The highest BCUT2D eigenvalue weighted by Crippen LogP contribution is 2.18. The molecule has 0 saturated carbocycles. The number of carbonyl (C=O) groups excluding carboxylic acids is 1. The molecule has 24 heavy (non-hydrogen) atoms. The van der Waals surface area contributed by atoms with Gasteiger partial charge >= 0.3 is 0 Å². The molecule has 0 bridgehead atoms. The molecule has 2 N–H and O–H groups in total. The van der Waals surface area contributed by atoms with Crippen LogP contribution in [-0.2, 0) is 4.79 Å². The second-order valence-corrected chi connectivity index (χ2v) is 6.74. The molecule has 1 unspecified atom stereocenters. The smallest absolute Gasteiger partial charge is 0.227 e. The van der Waals surface area contributed by atoms with Gasteiger partial charge in [-0.15, -0.1) is 24.0 Å². The number of amides is 1. The summed E-state index contributed by atoms with van der Waals surface area (Å²) >= 11 is 0. The van der Waals surface area contributed by atoms with Crippen LogP contribution in [0.3, 0.4) is 0 Å². The molecule has 0 aliphatic carbocycles. The van der Waals surface area contributed by atoms with Crippen LogP contribution >= 0.6 is 24.0 Å². The normalized spacial score (nSPS) is 18.5. The van der Waals surface area contributed by atoms with Crippen molar-refractivity contribution in [3.05, 3.63) is 0 Å². The van der Waals surface area contributed by atoms with Crippen LogP contribution in [0.2, 0.25) is 0 Å². The zero-order chi connectivity index (χ0) is 17.5. The molecule has 142 valence electrons. The summed E-state index contributed by atoms with van der Waals surface area (Å²) in [6.07, 6.45) is 1.17. The zero-order valence-corrected chi connectivity index (χ0v) is 18.5. The first kappa shape index (κ1) is 23.4. The lowest BCUT2D eigenvalue weighted by atomic mass is 9.93. The van der Waals surface area contributed by atoms with E-state index in [0.717, 1.165) is 38.7 Å². The first-order valence-corrected chi connectivity index (χ1v) is 8.89. The van der Waals surface area contributed by atoms with E-state index in [1.165, 1.54) is 6.42 Å². The van der Waals surface area contributed by atoms with Gasteiger partial charge in [0.2, 0.25) is 5.91 Å². The number of guanidine groups is 1. The van der Waals surface area contributed by atoms with E-state index >= 15 is 0 Å². The quantitative estimate of drug-likeness (QED) is 0.351. The molecule has 0 aromatic heterocycles. The summed E-state index contributed by atoms with van der Waals surface area (Å²) in [6, 6.07) is 0.598. The Morgan fingerprint density at radius 3 is 2.42 bits per heavy atom. The average molecular weight is 453 g/mol. The van der Waals surface area contributed by atoms with Crippen molar-refractivity contribution in [2.24, 2.45) is 10.4 Å². The molecule has 6 nitrogen and oxygen atoms in total. The Morgan fingerprint density at radius 2 is 1.92 bits per heavy atom. The summed E-state index contributed by atoms with van der Waals surface area (Å²) in [7, 11) is 1.67. The van der Waals surface area contributed by atoms with Gasteiger partial charge in [0.25, 0.3) is 0 Å². The van der Waals surface area contributed by atoms with Gasteiger partial charge in [-0.2, -0.15) is 0 Å². The molecule has 0 radical (unpaired) electrons. The summed E-state index contributed by atoms with van der Waals surface area (Å²) < 4.78 is 0. The van der Waals surface area contributed by atoms with Gasteiger partial charge in [-0.25, -0.2) is 0 Å². The van der Waals surface area contributed by atoms with Crippen LogP contribution < -0.4 is 10.6 Å². The third kappa shape index (κ3) is 6.38. The molecule has 1 rings (SSSR count). The van der Waals surface area contributed by atoms with Crippen LogP contribution in [0.4, 0.5) is 0 Å². The predicted octanol–water partition coefficient (Wildman–Crippen LogP) is 1.76. The van der Waals surface area contributed by atoms with Gasteiger partial charge in [0.05, 0.1) is 12.0 Å². The van der Waals surface area contributed by atoms with Crippen molar-refractivity contribution in [2.45, 2.75) is 47.1 Å². The number of nitrogens with zero attached hydrogens (tertiary/aromatic N) is 3. The third-order valence-electron chi connectivity index (χ3n) is 4.59. The molecule has 1 heterocycles. The maximum absolute atomic E-state index is 11.9. The summed E-state index contributed by atoms with van der Waals surface area (Å²) in [6.45, 7) is 15.9. The minimum atomic E-state index is -0.493. The monoisotopic (exact) mass is 453 g/mol. The van der Waals surface area contributed by atoms with Crippen LogP contribution in [0.15, 0.2) is 4.99 Å². The molecule has 7 heteroatoms. The summed E-state index contributed by atoms with van der Waals surface area (Å²) in [5.74, 6) is 0.957. The number of nitrogens with one attached hydrogen (secondary N) is 2. The first-order chi connectivity index (χ1) is 10.9. The Morgan fingerprint density at radius 1 is 1.29 bits per heavy atom. The van der Waals surface area contributed by atoms with Gasteiger partial charge in [0.15, 0.2) is 5.96 Å². The van der Waals surface area contributed by atoms with E-state index in [0.29, 0.717) is 12.6 Å². The van der Waals surface area contributed by atoms with Gasteiger partial charge in [0, 0.05) is 32.7 Å². The highest BCUT2D eigenvalue weighted by atomic mass is 127. The number of likely N-dealkylation sites (N-methyl/N-ethyl adjacent to an activating group) is 1. The highest BCUT2D eigenvalue weighted by Gasteiger charge is 2.30. The second-order valence-electron chi connectivity index (χ2n) is 6.74. The van der Waals surface area contributed by atoms with E-state index in [4.69, 9.17) is 4.99 Å². The number of aliphatic imine (C=N–C) groups is 1. The number of halogens is 1. The molecule has 0 aromatic rings. The van der Waals surface area contributed by atoms with Crippen LogP contribution in [0.1, 0.15) is 41.0 Å². The molecule has 0 aromatic carbocycles. The molecular formula is C17H36IN5O. The van der Waals surface area contributed by atoms with Gasteiger partial charge in [0.1, 0.15) is 0 Å². The minimum absolute atomic E-state index is 0. The Bertz CT molecular complexity index is 410. The molecular weight excluding hydrogens is 417 g/mol. The van der Waals surface area contributed by atoms with E-state index in [1.807, 2.05) is 13.8 Å². The van der Waals surface area contributed by atoms with E-state index in [2.05, 4.69) is 41.2 Å². The van der Waals surface area contributed by atoms with Gasteiger partial charge in [-0.1, -0.05) is 13.8 Å². The molecule has 1 aliphatic rings. The molecule has 0 spiro atoms. The van der Waals surface area contributed by atoms with Crippen molar-refractivity contribution in [1.29, 1.82) is 0 Å². The van der Waals surface area contributed by atoms with Crippen LogP contribution in [0.25, 0.3) is 0 Å². The van der Waals surface area contributed by atoms with Gasteiger partial charge < -0.3 is 15.5 Å². The van der Waals surface area contributed by atoms with Crippen molar-refractivity contribution in [3.63, 3.8) is 0 Å². The molecule has 1 amide bonds. The van der Waals surface area contributed by atoms with Gasteiger partial charge in [-0.05, 0) is 40.3 Å². The van der Waals surface area contributed by atoms with E-state index in [9.17, 15) is 4.79 Å². The summed E-state index contributed by atoms with van der Waals surface area (Å²) in [4.78, 5) is 21.5. The average Bonchev–Trinajstić information content (AvgIpc) is 3.01. The fourth-order valence-corrected chi connectivity index (χ4v) is 3.08. The van der Waals surface area contributed by atoms with Gasteiger partial charge in [-0.3, -0.25) is 14.7 Å². The fraction of sp³-hybridized carbons (Fsp3) is 0.882. The van der Waals surface area contributed by atoms with E-state index in [-0.39, 0.29) is 29.9 Å². The summed E-state index contributed by atoms with van der Waals surface area (Å²) in [5.41, 5.74) is -0.493. The van der Waals surface area contributed by atoms with Crippen molar-refractivity contribution < 1.29 is 4.79 Å². The van der Waals surface area contributed by atoms with E-state index in [1.54, 1.807) is 7.05 Å². The number of rotatable bonds is 7. The molecule has 1 aliphatic heterocycles. The van der Waals surface area contributed by atoms with Crippen molar-refractivity contribution >= 4 is 35.8 Å². The Kier molecular flexibility index (Phi) is 10.9. The van der Waals surface area contributed by atoms with Crippen molar-refractivity contribution in [1.82, 2.24) is 20.4 Å². The zero-order valence-electron chi connectivity index (χ0n) is 16.2. The Hall–Kier alpha value is -0.570. The van der Waals surface area contributed by atoms with Crippen molar-refractivity contribution in [3.8, 4) is 0 Å². The largest absolute Gasteiger partial charge is 0.359 e. The maximum Gasteiger partial charge on any atom is 0.227 e.